The maximum atomic E-state index is 13.1. The average Bonchev–Trinajstić information content (AvgIpc) is 3.04. The fourth-order valence-electron chi connectivity index (χ4n) is 2.57. The Balaban J connectivity index is 2.54. The third-order valence-corrected chi connectivity index (χ3v) is 5.85. The zero-order chi connectivity index (χ0) is 21.8. The van der Waals surface area contributed by atoms with Crippen molar-refractivity contribution in [2.75, 3.05) is 24.0 Å². The lowest BCUT2D eigenvalue weighted by atomic mass is 10.1. The van der Waals surface area contributed by atoms with Crippen molar-refractivity contribution in [1.29, 1.82) is 0 Å². The SMILES string of the molecule is C=C(C(C)CSC)N(C(=O)OC(C)(C)C)c1sc(-c2cncc(C)c2)nc1OC. The molecule has 158 valence electrons. The van der Waals surface area contributed by atoms with E-state index in [1.165, 1.54) is 23.3 Å². The van der Waals surface area contributed by atoms with E-state index < -0.39 is 11.7 Å². The molecule has 2 aromatic heterocycles. The van der Waals surface area contributed by atoms with Crippen molar-refractivity contribution >= 4 is 34.2 Å². The van der Waals surface area contributed by atoms with E-state index in [1.54, 1.807) is 24.2 Å². The molecule has 2 rings (SSSR count). The molecule has 1 atom stereocenters. The van der Waals surface area contributed by atoms with Crippen molar-refractivity contribution in [3.63, 3.8) is 0 Å². The highest BCUT2D eigenvalue weighted by atomic mass is 32.2. The van der Waals surface area contributed by atoms with E-state index in [9.17, 15) is 4.79 Å². The lowest BCUT2D eigenvalue weighted by molar-refractivity contribution is 0.0589. The fraction of sp³-hybridized carbons (Fsp3) is 0.476. The van der Waals surface area contributed by atoms with E-state index >= 15 is 0 Å². The number of hydrogen-bond donors (Lipinski definition) is 0. The summed E-state index contributed by atoms with van der Waals surface area (Å²) in [4.78, 5) is 23.4. The molecule has 0 aliphatic rings. The molecule has 1 amide bonds. The molecule has 2 heterocycles. The quantitative estimate of drug-likeness (QED) is 0.549. The number of thiazole rings is 1. The van der Waals surface area contributed by atoms with Crippen LogP contribution in [0.1, 0.15) is 33.3 Å². The number of ether oxygens (including phenoxy) is 2. The first-order chi connectivity index (χ1) is 13.6. The molecule has 0 aromatic carbocycles. The smallest absolute Gasteiger partial charge is 0.420 e. The average molecular weight is 436 g/mol. The summed E-state index contributed by atoms with van der Waals surface area (Å²) in [6.45, 7) is 13.7. The van der Waals surface area contributed by atoms with Crippen LogP contribution in [-0.4, -0.2) is 40.8 Å². The molecule has 0 aliphatic carbocycles. The van der Waals surface area contributed by atoms with Crippen molar-refractivity contribution in [2.24, 2.45) is 5.92 Å². The summed E-state index contributed by atoms with van der Waals surface area (Å²) in [5.74, 6) is 1.25. The second-order valence-electron chi connectivity index (χ2n) is 7.75. The fourth-order valence-corrected chi connectivity index (χ4v) is 4.31. The Morgan fingerprint density at radius 3 is 2.62 bits per heavy atom. The van der Waals surface area contributed by atoms with E-state index in [0.717, 1.165) is 16.9 Å². The van der Waals surface area contributed by atoms with Gasteiger partial charge in [-0.05, 0) is 45.6 Å². The number of aromatic nitrogens is 2. The molecule has 0 bridgehead atoms. The molecule has 1 unspecified atom stereocenters. The third kappa shape index (κ3) is 5.96. The highest BCUT2D eigenvalue weighted by Crippen LogP contribution is 2.42. The van der Waals surface area contributed by atoms with Crippen molar-refractivity contribution in [2.45, 2.75) is 40.2 Å². The Bertz CT molecular complexity index is 874. The van der Waals surface area contributed by atoms with E-state index in [4.69, 9.17) is 9.47 Å². The van der Waals surface area contributed by atoms with E-state index in [2.05, 4.69) is 16.5 Å². The molecule has 2 aromatic rings. The van der Waals surface area contributed by atoms with Crippen LogP contribution in [0.5, 0.6) is 5.88 Å². The number of methoxy groups -OCH3 is 1. The van der Waals surface area contributed by atoms with Gasteiger partial charge in [-0.2, -0.15) is 16.7 Å². The summed E-state index contributed by atoms with van der Waals surface area (Å²) in [5, 5.41) is 1.27. The Kier molecular flexibility index (Phi) is 7.71. The summed E-state index contributed by atoms with van der Waals surface area (Å²) in [7, 11) is 1.54. The number of carbonyl (C=O) groups excluding carboxylic acids is 1. The Morgan fingerprint density at radius 2 is 2.07 bits per heavy atom. The Labute approximate surface area is 181 Å². The molecule has 0 saturated carbocycles. The summed E-state index contributed by atoms with van der Waals surface area (Å²) < 4.78 is 11.2. The van der Waals surface area contributed by atoms with Gasteiger partial charge in [-0.15, -0.1) is 0 Å². The molecule has 0 fully saturated rings. The maximum absolute atomic E-state index is 13.1. The first-order valence-corrected chi connectivity index (χ1v) is 11.5. The molecule has 0 radical (unpaired) electrons. The van der Waals surface area contributed by atoms with Gasteiger partial charge in [-0.25, -0.2) is 9.69 Å². The van der Waals surface area contributed by atoms with E-state index in [-0.39, 0.29) is 5.92 Å². The van der Waals surface area contributed by atoms with Gasteiger partial charge in [0.2, 0.25) is 0 Å². The van der Waals surface area contributed by atoms with Crippen molar-refractivity contribution < 1.29 is 14.3 Å². The first-order valence-electron chi connectivity index (χ1n) is 9.25. The molecule has 0 saturated heterocycles. The molecular formula is C21H29N3O3S2. The van der Waals surface area contributed by atoms with Gasteiger partial charge < -0.3 is 9.47 Å². The minimum atomic E-state index is -0.639. The third-order valence-electron chi connectivity index (χ3n) is 3.95. The number of nitrogens with zero attached hydrogens (tertiary/aromatic N) is 3. The molecule has 8 heteroatoms. The number of amides is 1. The van der Waals surface area contributed by atoms with Gasteiger partial charge in [0.05, 0.1) is 7.11 Å². The van der Waals surface area contributed by atoms with E-state index in [1.807, 2.05) is 46.9 Å². The van der Waals surface area contributed by atoms with Crippen molar-refractivity contribution in [3.8, 4) is 16.5 Å². The topological polar surface area (TPSA) is 64.6 Å². The molecule has 0 aliphatic heterocycles. The minimum Gasteiger partial charge on any atom is -0.479 e. The van der Waals surface area contributed by atoms with Gasteiger partial charge in [-0.3, -0.25) is 4.98 Å². The predicted molar refractivity (Wildman–Crippen MR) is 122 cm³/mol. The molecule has 29 heavy (non-hydrogen) atoms. The van der Waals surface area contributed by atoms with E-state index in [0.29, 0.717) is 21.6 Å². The largest absolute Gasteiger partial charge is 0.479 e. The summed E-state index contributed by atoms with van der Waals surface area (Å²) in [5.41, 5.74) is 1.90. The van der Waals surface area contributed by atoms with Crippen LogP contribution in [0.3, 0.4) is 0 Å². The minimum absolute atomic E-state index is 0.0633. The monoisotopic (exact) mass is 435 g/mol. The standard InChI is InChI=1S/C21H29N3O3S2/c1-13-9-16(11-22-10-13)18-23-17(26-7)19(29-18)24(15(3)14(2)12-28-8)20(25)27-21(4,5)6/h9-11,14H,3,12H2,1-2,4-8H3. The highest BCUT2D eigenvalue weighted by molar-refractivity contribution is 7.98. The van der Waals surface area contributed by atoms with Gasteiger partial charge in [-0.1, -0.05) is 24.8 Å². The van der Waals surface area contributed by atoms with Crippen LogP contribution in [0.4, 0.5) is 9.80 Å². The van der Waals surface area contributed by atoms with Crippen LogP contribution in [0.25, 0.3) is 10.6 Å². The van der Waals surface area contributed by atoms with Crippen LogP contribution in [0, 0.1) is 12.8 Å². The molecular weight excluding hydrogens is 406 g/mol. The van der Waals surface area contributed by atoms with Crippen LogP contribution in [0.2, 0.25) is 0 Å². The normalized spacial score (nSPS) is 12.4. The van der Waals surface area contributed by atoms with Crippen LogP contribution >= 0.6 is 23.1 Å². The second-order valence-corrected chi connectivity index (χ2v) is 9.64. The number of thioether (sulfide) groups is 1. The number of pyridine rings is 1. The number of aryl methyl sites for hydroxylation is 1. The lowest BCUT2D eigenvalue weighted by Crippen LogP contribution is -2.37. The Hall–Kier alpha value is -2.06. The highest BCUT2D eigenvalue weighted by Gasteiger charge is 2.32. The van der Waals surface area contributed by atoms with Gasteiger partial charge in [0.25, 0.3) is 5.88 Å². The van der Waals surface area contributed by atoms with Crippen LogP contribution in [-0.2, 0) is 4.74 Å². The number of allylic oxidation sites excluding steroid dienone is 1. The maximum Gasteiger partial charge on any atom is 0.420 e. The van der Waals surface area contributed by atoms with Crippen LogP contribution in [0.15, 0.2) is 30.7 Å². The lowest BCUT2D eigenvalue weighted by Gasteiger charge is -2.30. The number of carbonyl (C=O) groups is 1. The number of rotatable bonds is 7. The van der Waals surface area contributed by atoms with Crippen LogP contribution < -0.4 is 9.64 Å². The van der Waals surface area contributed by atoms with Gasteiger partial charge in [0.1, 0.15) is 10.6 Å². The predicted octanol–water partition coefficient (Wildman–Crippen LogP) is 5.78. The van der Waals surface area contributed by atoms with Gasteiger partial charge in [0.15, 0.2) is 5.00 Å². The summed E-state index contributed by atoms with van der Waals surface area (Å²) in [6.07, 6.45) is 5.07. The Morgan fingerprint density at radius 1 is 1.38 bits per heavy atom. The van der Waals surface area contributed by atoms with Gasteiger partial charge >= 0.3 is 6.09 Å². The number of hydrogen-bond acceptors (Lipinski definition) is 7. The zero-order valence-electron chi connectivity index (χ0n) is 18.1. The molecule has 0 spiro atoms. The van der Waals surface area contributed by atoms with Gasteiger partial charge in [0, 0.05) is 35.3 Å². The summed E-state index contributed by atoms with van der Waals surface area (Å²) in [6, 6.07) is 2.00. The van der Waals surface area contributed by atoms with Crippen molar-refractivity contribution in [1.82, 2.24) is 9.97 Å². The second kappa shape index (κ2) is 9.63. The zero-order valence-corrected chi connectivity index (χ0v) is 19.7. The molecule has 0 N–H and O–H groups in total. The first kappa shape index (κ1) is 23.2. The molecule has 6 nitrogen and oxygen atoms in total. The summed E-state index contributed by atoms with van der Waals surface area (Å²) >= 11 is 3.05. The van der Waals surface area contributed by atoms with Crippen molar-refractivity contribution in [3.05, 3.63) is 36.3 Å². The number of anilines is 1.